The molecule has 0 bridgehead atoms. The van der Waals surface area contributed by atoms with Crippen LogP contribution in [0, 0.1) is 20.8 Å². The first-order chi connectivity index (χ1) is 15.2. The lowest BCUT2D eigenvalue weighted by atomic mass is 9.64. The van der Waals surface area contributed by atoms with Crippen molar-refractivity contribution in [2.24, 2.45) is 0 Å². The molecule has 158 valence electrons. The molecular weight excluding hydrogens is 390 g/mol. The molecule has 2 heterocycles. The Balaban J connectivity index is 2.33. The zero-order chi connectivity index (χ0) is 24.5. The lowest BCUT2D eigenvalue weighted by Gasteiger charge is -2.28. The Labute approximate surface area is 204 Å². The molecule has 0 aliphatic heterocycles. The fraction of sp³-hybridized carbons (Fsp3) is 0.280. The molecule has 33 heavy (non-hydrogen) atoms. The highest BCUT2D eigenvalue weighted by molar-refractivity contribution is 6.63. The van der Waals surface area contributed by atoms with Gasteiger partial charge in [-0.15, -0.1) is 0 Å². The SMILES string of the molecule is Bc1c(C(C)(C)C)c(B)c2c(c1B)c1c(B)c(B)c(C)c3c4c(C)c(C)c(B)c(B)c4n2c13. The van der Waals surface area contributed by atoms with E-state index >= 15 is 0 Å². The molecule has 0 unspecified atom stereocenters. The van der Waals surface area contributed by atoms with Crippen molar-refractivity contribution in [1.29, 1.82) is 0 Å². The summed E-state index contributed by atoms with van der Waals surface area (Å²) in [4.78, 5) is 0. The van der Waals surface area contributed by atoms with Crippen molar-refractivity contribution >= 4 is 131 Å². The van der Waals surface area contributed by atoms with Gasteiger partial charge in [0, 0.05) is 27.2 Å². The minimum Gasteiger partial charge on any atom is -0.309 e. The van der Waals surface area contributed by atoms with Crippen LogP contribution in [0.4, 0.5) is 0 Å². The molecule has 0 N–H and O–H groups in total. The number of fused-ring (bicyclic) bond motifs is 6. The average molecular weight is 422 g/mol. The Morgan fingerprint density at radius 1 is 0.455 bits per heavy atom. The number of rotatable bonds is 0. The van der Waals surface area contributed by atoms with E-state index in [0.717, 1.165) is 0 Å². The van der Waals surface area contributed by atoms with E-state index in [1.54, 1.807) is 0 Å². The number of aromatic nitrogens is 1. The fourth-order valence-corrected chi connectivity index (χ4v) is 7.04. The third-order valence-electron chi connectivity index (χ3n) is 9.20. The molecule has 0 saturated heterocycles. The largest absolute Gasteiger partial charge is 0.309 e. The van der Waals surface area contributed by atoms with E-state index in [9.17, 15) is 0 Å². The summed E-state index contributed by atoms with van der Waals surface area (Å²) in [5.41, 5.74) is 20.3. The van der Waals surface area contributed by atoms with Crippen molar-refractivity contribution in [3.8, 4) is 0 Å². The maximum Gasteiger partial charge on any atom is 0.142 e. The normalized spacial score (nSPS) is 12.8. The van der Waals surface area contributed by atoms with Crippen LogP contribution in [0.3, 0.4) is 0 Å². The smallest absolute Gasteiger partial charge is 0.142 e. The molecule has 0 saturated carbocycles. The lowest BCUT2D eigenvalue weighted by molar-refractivity contribution is 0.598. The summed E-state index contributed by atoms with van der Waals surface area (Å²) in [6.45, 7) is 14.1. The first-order valence-electron chi connectivity index (χ1n) is 12.4. The summed E-state index contributed by atoms with van der Waals surface area (Å²) in [6.07, 6.45) is 0. The molecule has 0 amide bonds. The predicted molar refractivity (Wildman–Crippen MR) is 171 cm³/mol. The summed E-state index contributed by atoms with van der Waals surface area (Å²) in [5, 5.41) is 5.87. The highest BCUT2D eigenvalue weighted by Crippen LogP contribution is 2.39. The van der Waals surface area contributed by atoms with Gasteiger partial charge in [-0.3, -0.25) is 0 Å². The van der Waals surface area contributed by atoms with E-state index < -0.39 is 0 Å². The number of aryl methyl sites for hydroxylation is 2. The van der Waals surface area contributed by atoms with Gasteiger partial charge in [0.25, 0.3) is 0 Å². The zero-order valence-electron chi connectivity index (χ0n) is 22.9. The van der Waals surface area contributed by atoms with Gasteiger partial charge in [-0.25, -0.2) is 0 Å². The standard InChI is InChI=1S/C25H32B7N/c1-7-8(2)15(26)21(32)23-10(7)11-9(3)16(27)17(28)12-13-18(29)19(30)14(25(4,5)6)20(31)24(13)33(23)22(11)12/h26-32H2,1-6H3. The van der Waals surface area contributed by atoms with Crippen molar-refractivity contribution in [3.63, 3.8) is 0 Å². The molecule has 5 rings (SSSR count). The first kappa shape index (κ1) is 22.7. The third-order valence-corrected chi connectivity index (χ3v) is 9.20. The van der Waals surface area contributed by atoms with Crippen molar-refractivity contribution in [2.75, 3.05) is 0 Å². The molecule has 1 nitrogen and oxygen atoms in total. The van der Waals surface area contributed by atoms with Crippen LogP contribution in [0.2, 0.25) is 0 Å². The molecule has 8 heteroatoms. The molecule has 2 aromatic heterocycles. The van der Waals surface area contributed by atoms with E-state index in [-0.39, 0.29) is 5.41 Å². The first-order valence-corrected chi connectivity index (χ1v) is 12.4. The van der Waals surface area contributed by atoms with Crippen LogP contribution in [0.25, 0.3) is 38.1 Å². The van der Waals surface area contributed by atoms with Crippen molar-refractivity contribution in [1.82, 2.24) is 4.40 Å². The minimum absolute atomic E-state index is 0.100. The van der Waals surface area contributed by atoms with Gasteiger partial charge in [0.05, 0.1) is 5.52 Å². The maximum absolute atomic E-state index is 2.67. The monoisotopic (exact) mass is 423 g/mol. The Hall–Kier alpha value is -2.09. The topological polar surface area (TPSA) is 4.41 Å². The molecule has 0 aliphatic carbocycles. The van der Waals surface area contributed by atoms with Gasteiger partial charge in [-0.1, -0.05) is 70.1 Å². The molecule has 5 aromatic rings. The van der Waals surface area contributed by atoms with E-state index in [2.05, 4.69) is 101 Å². The maximum atomic E-state index is 2.67. The van der Waals surface area contributed by atoms with Crippen LogP contribution in [-0.2, 0) is 5.41 Å². The summed E-state index contributed by atoms with van der Waals surface area (Å²) < 4.78 is 2.67. The molecular formula is C25H32B7N. The van der Waals surface area contributed by atoms with Crippen LogP contribution in [0.1, 0.15) is 43.0 Å². The molecule has 0 atom stereocenters. The summed E-state index contributed by atoms with van der Waals surface area (Å²) in [6, 6.07) is 0. The van der Waals surface area contributed by atoms with Gasteiger partial charge in [-0.05, 0) is 42.7 Å². The zero-order valence-corrected chi connectivity index (χ0v) is 22.9. The molecule has 0 fully saturated rings. The highest BCUT2D eigenvalue weighted by Gasteiger charge is 2.29. The summed E-state index contributed by atoms with van der Waals surface area (Å²) >= 11 is 0. The second-order valence-corrected chi connectivity index (χ2v) is 11.8. The number of hydrogen-bond acceptors (Lipinski definition) is 0. The Bertz CT molecular complexity index is 1690. The average Bonchev–Trinajstić information content (AvgIpc) is 3.25. The van der Waals surface area contributed by atoms with Gasteiger partial charge in [0.1, 0.15) is 54.9 Å². The summed E-state index contributed by atoms with van der Waals surface area (Å²) in [7, 11) is 16.4. The van der Waals surface area contributed by atoms with Gasteiger partial charge in [0.15, 0.2) is 0 Å². The molecule has 3 aromatic carbocycles. The Kier molecular flexibility index (Phi) is 4.64. The van der Waals surface area contributed by atoms with Crippen LogP contribution < -0.4 is 38.2 Å². The van der Waals surface area contributed by atoms with Gasteiger partial charge >= 0.3 is 0 Å². The molecule has 0 radical (unpaired) electrons. The minimum atomic E-state index is 0.100. The molecule has 0 spiro atoms. The van der Waals surface area contributed by atoms with Crippen molar-refractivity contribution in [2.45, 2.75) is 47.0 Å². The Morgan fingerprint density at radius 3 is 1.48 bits per heavy atom. The number of nitrogens with zero attached hydrogens (tertiary/aromatic N) is 1. The van der Waals surface area contributed by atoms with E-state index in [1.165, 1.54) is 98.6 Å². The van der Waals surface area contributed by atoms with Crippen LogP contribution in [-0.4, -0.2) is 59.3 Å². The summed E-state index contributed by atoms with van der Waals surface area (Å²) in [5.74, 6) is 0. The van der Waals surface area contributed by atoms with E-state index in [0.29, 0.717) is 0 Å². The van der Waals surface area contributed by atoms with Gasteiger partial charge in [0.2, 0.25) is 0 Å². The van der Waals surface area contributed by atoms with Gasteiger partial charge in [-0.2, -0.15) is 0 Å². The van der Waals surface area contributed by atoms with Crippen molar-refractivity contribution in [3.05, 3.63) is 22.3 Å². The third kappa shape index (κ3) is 2.53. The lowest BCUT2D eigenvalue weighted by Crippen LogP contribution is -2.42. The van der Waals surface area contributed by atoms with E-state index in [4.69, 9.17) is 0 Å². The number of benzene rings is 3. The fourth-order valence-electron chi connectivity index (χ4n) is 7.04. The predicted octanol–water partition coefficient (Wildman–Crippen LogP) is -5.13. The second-order valence-electron chi connectivity index (χ2n) is 11.8. The Morgan fingerprint density at radius 2 is 0.909 bits per heavy atom. The highest BCUT2D eigenvalue weighted by atomic mass is 14.9. The van der Waals surface area contributed by atoms with Gasteiger partial charge < -0.3 is 4.40 Å². The van der Waals surface area contributed by atoms with E-state index in [1.807, 2.05) is 0 Å². The second kappa shape index (κ2) is 6.74. The van der Waals surface area contributed by atoms with Crippen LogP contribution in [0.5, 0.6) is 0 Å². The quantitative estimate of drug-likeness (QED) is 0.220. The van der Waals surface area contributed by atoms with Crippen molar-refractivity contribution < 1.29 is 0 Å². The van der Waals surface area contributed by atoms with Crippen LogP contribution >= 0.6 is 0 Å². The number of hydrogen-bond donors (Lipinski definition) is 0. The molecule has 0 aliphatic rings. The van der Waals surface area contributed by atoms with Crippen LogP contribution in [0.15, 0.2) is 0 Å².